The molecular formula is C14H20Cl2N2O4. The zero-order chi connectivity index (χ0) is 14.4. The van der Waals surface area contributed by atoms with Gasteiger partial charge in [0.05, 0.1) is 7.11 Å². The van der Waals surface area contributed by atoms with Crippen molar-refractivity contribution in [2.45, 2.75) is 25.1 Å². The summed E-state index contributed by atoms with van der Waals surface area (Å²) in [7, 11) is 1.35. The van der Waals surface area contributed by atoms with E-state index in [-0.39, 0.29) is 49.5 Å². The lowest BCUT2D eigenvalue weighted by Crippen LogP contribution is -2.36. The number of ether oxygens (including phenoxy) is 2. The van der Waals surface area contributed by atoms with Crippen LogP contribution >= 0.6 is 24.8 Å². The van der Waals surface area contributed by atoms with E-state index in [1.54, 1.807) is 0 Å². The zero-order valence-corrected chi connectivity index (χ0v) is 13.7. The second kappa shape index (κ2) is 10.3. The van der Waals surface area contributed by atoms with Gasteiger partial charge in [0, 0.05) is 12.6 Å². The molecule has 1 saturated heterocycles. The van der Waals surface area contributed by atoms with Crippen LogP contribution in [0, 0.1) is 0 Å². The van der Waals surface area contributed by atoms with E-state index in [1.807, 2.05) is 30.3 Å². The van der Waals surface area contributed by atoms with Crippen LogP contribution in [0.2, 0.25) is 0 Å². The number of benzene rings is 1. The first-order valence-corrected chi connectivity index (χ1v) is 6.47. The first-order chi connectivity index (χ1) is 9.69. The molecule has 2 N–H and O–H groups in total. The number of carbonyl (C=O) groups excluding carboxylic acids is 2. The van der Waals surface area contributed by atoms with E-state index in [4.69, 9.17) is 4.74 Å². The van der Waals surface area contributed by atoms with E-state index in [2.05, 4.69) is 15.4 Å². The van der Waals surface area contributed by atoms with Crippen LogP contribution in [0.15, 0.2) is 30.3 Å². The van der Waals surface area contributed by atoms with Gasteiger partial charge in [0.15, 0.2) is 0 Å². The van der Waals surface area contributed by atoms with Gasteiger partial charge in [-0.05, 0) is 12.0 Å². The van der Waals surface area contributed by atoms with Crippen molar-refractivity contribution in [3.63, 3.8) is 0 Å². The monoisotopic (exact) mass is 350 g/mol. The molecule has 22 heavy (non-hydrogen) atoms. The van der Waals surface area contributed by atoms with Gasteiger partial charge < -0.3 is 20.1 Å². The van der Waals surface area contributed by atoms with Crippen LogP contribution in [0.25, 0.3) is 0 Å². The standard InChI is InChI=1S/C14H18N2O4.2ClH/c1-19-13(17)12-7-11(8-15-12)16-14(18)20-9-10-5-3-2-4-6-10;;/h2-6,11-12,15H,7-9H2,1H3,(H,16,18);2*1H/t11-,12-;;/m0../s1. The molecule has 124 valence electrons. The van der Waals surface area contributed by atoms with Gasteiger partial charge in [-0.3, -0.25) is 4.79 Å². The number of nitrogens with one attached hydrogen (secondary N) is 2. The van der Waals surface area contributed by atoms with E-state index in [9.17, 15) is 9.59 Å². The van der Waals surface area contributed by atoms with Gasteiger partial charge in [-0.2, -0.15) is 0 Å². The summed E-state index contributed by atoms with van der Waals surface area (Å²) in [5.74, 6) is -0.313. The molecule has 0 aromatic heterocycles. The number of rotatable bonds is 4. The fraction of sp³-hybridized carbons (Fsp3) is 0.429. The molecule has 0 spiro atoms. The molecule has 0 aliphatic carbocycles. The van der Waals surface area contributed by atoms with E-state index in [0.29, 0.717) is 13.0 Å². The maximum atomic E-state index is 11.6. The van der Waals surface area contributed by atoms with Gasteiger partial charge in [-0.15, -0.1) is 24.8 Å². The van der Waals surface area contributed by atoms with Gasteiger partial charge in [-0.25, -0.2) is 4.79 Å². The summed E-state index contributed by atoms with van der Waals surface area (Å²) < 4.78 is 9.77. The molecule has 0 bridgehead atoms. The van der Waals surface area contributed by atoms with Crippen molar-refractivity contribution < 1.29 is 19.1 Å². The normalized spacial score (nSPS) is 19.3. The zero-order valence-electron chi connectivity index (χ0n) is 12.1. The highest BCUT2D eigenvalue weighted by Gasteiger charge is 2.31. The molecule has 1 aliphatic heterocycles. The molecule has 2 atom stereocenters. The first kappa shape index (κ1) is 20.5. The van der Waals surface area contributed by atoms with Crippen LogP contribution in [0.4, 0.5) is 4.79 Å². The molecule has 6 nitrogen and oxygen atoms in total. The highest BCUT2D eigenvalue weighted by Crippen LogP contribution is 2.08. The molecule has 1 aliphatic rings. The summed E-state index contributed by atoms with van der Waals surface area (Å²) in [4.78, 5) is 23.0. The third-order valence-electron chi connectivity index (χ3n) is 3.15. The Balaban J connectivity index is 0.00000220. The molecule has 1 aromatic rings. The molecule has 0 unspecified atom stereocenters. The summed E-state index contributed by atoms with van der Waals surface area (Å²) in [6, 6.07) is 8.97. The van der Waals surface area contributed by atoms with Crippen LogP contribution < -0.4 is 10.6 Å². The van der Waals surface area contributed by atoms with Gasteiger partial charge in [-0.1, -0.05) is 30.3 Å². The fourth-order valence-corrected chi connectivity index (χ4v) is 2.10. The van der Waals surface area contributed by atoms with Gasteiger partial charge in [0.1, 0.15) is 12.6 Å². The molecule has 0 saturated carbocycles. The lowest BCUT2D eigenvalue weighted by Gasteiger charge is -2.12. The minimum atomic E-state index is -0.480. The van der Waals surface area contributed by atoms with E-state index >= 15 is 0 Å². The van der Waals surface area contributed by atoms with E-state index in [0.717, 1.165) is 5.56 Å². The minimum Gasteiger partial charge on any atom is -0.468 e. The third-order valence-corrected chi connectivity index (χ3v) is 3.15. The number of alkyl carbamates (subject to hydrolysis) is 1. The van der Waals surface area contributed by atoms with Crippen molar-refractivity contribution in [3.8, 4) is 0 Å². The quantitative estimate of drug-likeness (QED) is 0.807. The van der Waals surface area contributed by atoms with Crippen molar-refractivity contribution in [1.29, 1.82) is 0 Å². The molecule has 1 aromatic carbocycles. The Bertz CT molecular complexity index is 473. The average molecular weight is 351 g/mol. The van der Waals surface area contributed by atoms with Crippen molar-refractivity contribution in [2.24, 2.45) is 0 Å². The number of esters is 1. The smallest absolute Gasteiger partial charge is 0.407 e. The topological polar surface area (TPSA) is 76.7 Å². The number of hydrogen-bond donors (Lipinski definition) is 2. The summed E-state index contributed by atoms with van der Waals surface area (Å²) in [6.45, 7) is 0.757. The maximum absolute atomic E-state index is 11.6. The molecule has 1 heterocycles. The number of methoxy groups -OCH3 is 1. The van der Waals surface area contributed by atoms with Crippen LogP contribution in [-0.4, -0.2) is 37.8 Å². The first-order valence-electron chi connectivity index (χ1n) is 6.47. The average Bonchev–Trinajstić information content (AvgIpc) is 2.94. The van der Waals surface area contributed by atoms with Crippen molar-refractivity contribution >= 4 is 36.9 Å². The van der Waals surface area contributed by atoms with Crippen LogP contribution in [-0.2, 0) is 20.9 Å². The lowest BCUT2D eigenvalue weighted by molar-refractivity contribution is -0.142. The highest BCUT2D eigenvalue weighted by atomic mass is 35.5. The second-order valence-corrected chi connectivity index (χ2v) is 4.62. The van der Waals surface area contributed by atoms with Crippen molar-refractivity contribution in [1.82, 2.24) is 10.6 Å². The number of carbonyl (C=O) groups is 2. The van der Waals surface area contributed by atoms with Crippen LogP contribution in [0.1, 0.15) is 12.0 Å². The fourth-order valence-electron chi connectivity index (χ4n) is 2.10. The Morgan fingerprint density at radius 2 is 1.95 bits per heavy atom. The molecular weight excluding hydrogens is 331 g/mol. The second-order valence-electron chi connectivity index (χ2n) is 4.62. The molecule has 8 heteroatoms. The summed E-state index contributed by atoms with van der Waals surface area (Å²) in [5, 5.41) is 5.72. The Labute approximate surface area is 141 Å². The van der Waals surface area contributed by atoms with Gasteiger partial charge in [0.25, 0.3) is 0 Å². The highest BCUT2D eigenvalue weighted by molar-refractivity contribution is 5.85. The Morgan fingerprint density at radius 3 is 2.59 bits per heavy atom. The van der Waals surface area contributed by atoms with Crippen LogP contribution in [0.3, 0.4) is 0 Å². The predicted octanol–water partition coefficient (Wildman–Crippen LogP) is 1.66. The maximum Gasteiger partial charge on any atom is 0.407 e. The molecule has 1 amide bonds. The van der Waals surface area contributed by atoms with E-state index in [1.165, 1.54) is 7.11 Å². The minimum absolute atomic E-state index is 0. The number of hydrogen-bond acceptors (Lipinski definition) is 5. The predicted molar refractivity (Wildman–Crippen MR) is 86.5 cm³/mol. The summed E-state index contributed by atoms with van der Waals surface area (Å²) >= 11 is 0. The lowest BCUT2D eigenvalue weighted by atomic mass is 10.2. The van der Waals surface area contributed by atoms with Crippen LogP contribution in [0.5, 0.6) is 0 Å². The van der Waals surface area contributed by atoms with Gasteiger partial charge in [0.2, 0.25) is 0 Å². The van der Waals surface area contributed by atoms with Crippen molar-refractivity contribution in [3.05, 3.63) is 35.9 Å². The molecule has 2 rings (SSSR count). The van der Waals surface area contributed by atoms with E-state index < -0.39 is 6.09 Å². The molecule has 1 fully saturated rings. The summed E-state index contributed by atoms with van der Waals surface area (Å²) in [5.41, 5.74) is 0.930. The summed E-state index contributed by atoms with van der Waals surface area (Å²) in [6.07, 6.45) is 0.0267. The molecule has 0 radical (unpaired) electrons. The SMILES string of the molecule is COC(=O)[C@@H]1C[C@H](NC(=O)OCc2ccccc2)CN1.Cl.Cl. The van der Waals surface area contributed by atoms with Gasteiger partial charge >= 0.3 is 12.1 Å². The Morgan fingerprint density at radius 1 is 1.27 bits per heavy atom. The largest absolute Gasteiger partial charge is 0.468 e. The Kier molecular flexibility index (Phi) is 9.56. The van der Waals surface area contributed by atoms with Crippen molar-refractivity contribution in [2.75, 3.05) is 13.7 Å². The number of amides is 1. The third kappa shape index (κ3) is 6.09. The Hall–Kier alpha value is -1.50. The number of halogens is 2.